The number of hydrogen-bond donors (Lipinski definition) is 1. The first-order chi connectivity index (χ1) is 21.4. The molecule has 2 aliphatic heterocycles. The van der Waals surface area contributed by atoms with E-state index in [1.165, 1.54) is 4.90 Å². The Labute approximate surface area is 255 Å². The molecular formula is C33H35N5O6. The van der Waals surface area contributed by atoms with Crippen LogP contribution >= 0.6 is 0 Å². The van der Waals surface area contributed by atoms with Crippen LogP contribution in [0.3, 0.4) is 0 Å². The van der Waals surface area contributed by atoms with E-state index in [4.69, 9.17) is 14.2 Å². The number of amides is 3. The molecule has 228 valence electrons. The van der Waals surface area contributed by atoms with Crippen LogP contribution in [-0.2, 0) is 27.5 Å². The predicted molar refractivity (Wildman–Crippen MR) is 163 cm³/mol. The van der Waals surface area contributed by atoms with Crippen molar-refractivity contribution in [3.63, 3.8) is 0 Å². The van der Waals surface area contributed by atoms with Gasteiger partial charge in [-0.25, -0.2) is 0 Å². The first kappa shape index (κ1) is 29.2. The lowest BCUT2D eigenvalue weighted by Crippen LogP contribution is -2.58. The quantitative estimate of drug-likeness (QED) is 0.382. The van der Waals surface area contributed by atoms with Crippen molar-refractivity contribution in [2.75, 3.05) is 33.3 Å². The van der Waals surface area contributed by atoms with Crippen LogP contribution in [0, 0.1) is 0 Å². The van der Waals surface area contributed by atoms with Gasteiger partial charge in [0, 0.05) is 37.2 Å². The molecular weight excluding hydrogens is 562 g/mol. The summed E-state index contributed by atoms with van der Waals surface area (Å²) in [5.41, 5.74) is 2.11. The number of para-hydroxylation sites is 1. The Bertz CT molecular complexity index is 1690. The molecule has 3 heterocycles. The van der Waals surface area contributed by atoms with Gasteiger partial charge in [0.1, 0.15) is 23.8 Å². The molecule has 0 radical (unpaired) electrons. The van der Waals surface area contributed by atoms with Crippen LogP contribution in [0.4, 0.5) is 0 Å². The van der Waals surface area contributed by atoms with Crippen LogP contribution in [0.1, 0.15) is 29.3 Å². The number of likely N-dealkylation sites (N-methyl/N-ethyl adjacent to an activating group) is 1. The highest BCUT2D eigenvalue weighted by molar-refractivity contribution is 5.97. The Hall–Kier alpha value is -4.90. The van der Waals surface area contributed by atoms with Gasteiger partial charge in [-0.1, -0.05) is 30.3 Å². The summed E-state index contributed by atoms with van der Waals surface area (Å²) in [6.07, 6.45) is 1.94. The molecule has 6 rings (SSSR count). The average molecular weight is 598 g/mol. The van der Waals surface area contributed by atoms with Gasteiger partial charge >= 0.3 is 0 Å². The number of carbonyl (C=O) groups excluding carboxylic acids is 3. The third kappa shape index (κ3) is 6.52. The SMILES string of the molecule is CCOc1cc2cc(c1)C(=O)N(C)CC(=O)N[C@H]1CN(C(=O)Cn3ncc4ccccc43)CC[C@H]1OCc1cccc(c1)O2. The second-order valence-electron chi connectivity index (χ2n) is 11.0. The smallest absolute Gasteiger partial charge is 0.254 e. The fraction of sp³-hybridized carbons (Fsp3) is 0.333. The number of likely N-dealkylation sites (tertiary alicyclic amines) is 1. The maximum atomic E-state index is 13.4. The minimum Gasteiger partial charge on any atom is -0.494 e. The number of carbonyl (C=O) groups is 3. The second kappa shape index (κ2) is 12.8. The summed E-state index contributed by atoms with van der Waals surface area (Å²) in [6, 6.07) is 19.8. The average Bonchev–Trinajstić information content (AvgIpc) is 3.42. The van der Waals surface area contributed by atoms with Gasteiger partial charge in [0.25, 0.3) is 5.91 Å². The summed E-state index contributed by atoms with van der Waals surface area (Å²) in [6.45, 7) is 3.24. The number of piperidine rings is 1. The van der Waals surface area contributed by atoms with Gasteiger partial charge in [-0.2, -0.15) is 5.10 Å². The summed E-state index contributed by atoms with van der Waals surface area (Å²) in [4.78, 5) is 43.2. The van der Waals surface area contributed by atoms with Crippen LogP contribution in [0.25, 0.3) is 10.9 Å². The molecule has 4 bridgehead atoms. The molecule has 0 spiro atoms. The van der Waals surface area contributed by atoms with E-state index in [-0.39, 0.29) is 43.5 Å². The van der Waals surface area contributed by atoms with Crippen molar-refractivity contribution < 1.29 is 28.6 Å². The first-order valence-electron chi connectivity index (χ1n) is 14.8. The monoisotopic (exact) mass is 597 g/mol. The zero-order valence-corrected chi connectivity index (χ0v) is 24.8. The lowest BCUT2D eigenvalue weighted by Gasteiger charge is -2.39. The van der Waals surface area contributed by atoms with Crippen molar-refractivity contribution in [2.45, 2.75) is 38.6 Å². The van der Waals surface area contributed by atoms with Crippen LogP contribution in [0.2, 0.25) is 0 Å². The van der Waals surface area contributed by atoms with Crippen molar-refractivity contribution in [3.8, 4) is 17.2 Å². The molecule has 4 aromatic rings. The van der Waals surface area contributed by atoms with Gasteiger partial charge in [-0.15, -0.1) is 0 Å². The summed E-state index contributed by atoms with van der Waals surface area (Å²) in [5, 5.41) is 8.41. The Balaban J connectivity index is 1.23. The number of nitrogens with zero attached hydrogens (tertiary/aromatic N) is 4. The molecule has 3 amide bonds. The van der Waals surface area contributed by atoms with E-state index in [0.29, 0.717) is 49.0 Å². The number of benzene rings is 3. The van der Waals surface area contributed by atoms with Gasteiger partial charge in [-0.05, 0) is 49.2 Å². The summed E-state index contributed by atoms with van der Waals surface area (Å²) in [7, 11) is 1.57. The third-order valence-corrected chi connectivity index (χ3v) is 7.85. The summed E-state index contributed by atoms with van der Waals surface area (Å²) >= 11 is 0. The van der Waals surface area contributed by atoms with Crippen molar-refractivity contribution in [1.82, 2.24) is 24.9 Å². The Morgan fingerprint density at radius 2 is 1.93 bits per heavy atom. The van der Waals surface area contributed by atoms with Gasteiger partial charge in [0.2, 0.25) is 11.8 Å². The number of fused-ring (bicyclic) bond motifs is 6. The predicted octanol–water partition coefficient (Wildman–Crippen LogP) is 3.62. The fourth-order valence-electron chi connectivity index (χ4n) is 5.68. The highest BCUT2D eigenvalue weighted by Gasteiger charge is 2.34. The zero-order valence-electron chi connectivity index (χ0n) is 24.8. The first-order valence-corrected chi connectivity index (χ1v) is 14.8. The van der Waals surface area contributed by atoms with Gasteiger partial charge in [-0.3, -0.25) is 19.1 Å². The highest BCUT2D eigenvalue weighted by Crippen LogP contribution is 2.29. The van der Waals surface area contributed by atoms with Crippen LogP contribution in [-0.4, -0.2) is 82.7 Å². The van der Waals surface area contributed by atoms with E-state index in [1.54, 1.807) is 41.0 Å². The van der Waals surface area contributed by atoms with E-state index < -0.39 is 6.04 Å². The van der Waals surface area contributed by atoms with Crippen molar-refractivity contribution in [2.24, 2.45) is 0 Å². The van der Waals surface area contributed by atoms with E-state index >= 15 is 0 Å². The molecule has 1 saturated heterocycles. The topological polar surface area (TPSA) is 115 Å². The van der Waals surface area contributed by atoms with Crippen molar-refractivity contribution in [1.29, 1.82) is 0 Å². The van der Waals surface area contributed by atoms with E-state index in [0.717, 1.165) is 16.5 Å². The second-order valence-corrected chi connectivity index (χ2v) is 11.0. The fourth-order valence-corrected chi connectivity index (χ4v) is 5.68. The zero-order chi connectivity index (χ0) is 30.6. The Morgan fingerprint density at radius 1 is 1.07 bits per heavy atom. The minimum absolute atomic E-state index is 0.0898. The number of nitrogens with one attached hydrogen (secondary N) is 1. The lowest BCUT2D eigenvalue weighted by molar-refractivity contribution is -0.138. The minimum atomic E-state index is -0.474. The summed E-state index contributed by atoms with van der Waals surface area (Å²) in [5.74, 6) is 0.730. The van der Waals surface area contributed by atoms with Gasteiger partial charge in [0.15, 0.2) is 0 Å². The maximum Gasteiger partial charge on any atom is 0.254 e. The molecule has 11 nitrogen and oxygen atoms in total. The van der Waals surface area contributed by atoms with Crippen molar-refractivity contribution in [3.05, 3.63) is 84.1 Å². The normalized spacial score (nSPS) is 19.2. The van der Waals surface area contributed by atoms with Gasteiger partial charge in [0.05, 0.1) is 43.6 Å². The molecule has 44 heavy (non-hydrogen) atoms. The van der Waals surface area contributed by atoms with E-state index in [2.05, 4.69) is 10.4 Å². The highest BCUT2D eigenvalue weighted by atomic mass is 16.5. The van der Waals surface area contributed by atoms with E-state index in [9.17, 15) is 14.4 Å². The number of hydrogen-bond acceptors (Lipinski definition) is 7. The van der Waals surface area contributed by atoms with Crippen LogP contribution in [0.15, 0.2) is 72.9 Å². The van der Waals surface area contributed by atoms with Gasteiger partial charge < -0.3 is 29.3 Å². The largest absolute Gasteiger partial charge is 0.494 e. The van der Waals surface area contributed by atoms with Crippen LogP contribution < -0.4 is 14.8 Å². The van der Waals surface area contributed by atoms with E-state index in [1.807, 2.05) is 55.5 Å². The number of rotatable bonds is 4. The third-order valence-electron chi connectivity index (χ3n) is 7.85. The molecule has 11 heteroatoms. The number of ether oxygens (including phenoxy) is 3. The lowest BCUT2D eigenvalue weighted by atomic mass is 10.0. The molecule has 2 atom stereocenters. The Kier molecular flexibility index (Phi) is 8.47. The number of aromatic nitrogens is 2. The molecule has 1 fully saturated rings. The summed E-state index contributed by atoms with van der Waals surface area (Å²) < 4.78 is 19.9. The molecule has 2 aliphatic rings. The molecule has 1 aromatic heterocycles. The molecule has 1 N–H and O–H groups in total. The molecule has 0 unspecified atom stereocenters. The molecule has 3 aromatic carbocycles. The maximum absolute atomic E-state index is 13.4. The van der Waals surface area contributed by atoms with Crippen LogP contribution in [0.5, 0.6) is 17.2 Å². The standard InChI is InChI=1S/C33H35N5O6/c1-3-42-26-14-24-15-27(16-26)44-25-9-6-7-22(13-25)21-43-30-11-12-37(18-28(30)35-31(39)19-36(2)33(24)41)32(40)20-38-29-10-5-4-8-23(29)17-34-38/h4-10,13-17,28,30H,3,11-12,18-21H2,1-2H3,(H,35,39)/t28-,30+/m0/s1. The molecule has 0 saturated carbocycles. The molecule has 0 aliphatic carbocycles. The van der Waals surface area contributed by atoms with Crippen molar-refractivity contribution >= 4 is 28.6 Å². The Morgan fingerprint density at radius 3 is 2.80 bits per heavy atom.